The zero-order valence-electron chi connectivity index (χ0n) is 14.0. The van der Waals surface area contributed by atoms with Crippen molar-refractivity contribution in [2.24, 2.45) is 7.05 Å². The van der Waals surface area contributed by atoms with Gasteiger partial charge in [-0.25, -0.2) is 0 Å². The molecule has 0 saturated carbocycles. The van der Waals surface area contributed by atoms with Gasteiger partial charge >= 0.3 is 5.97 Å². The smallest absolute Gasteiger partial charge is 0.323 e. The fourth-order valence-electron chi connectivity index (χ4n) is 3.10. The molecule has 4 rings (SSSR count). The van der Waals surface area contributed by atoms with Gasteiger partial charge < -0.3 is 15.0 Å². The first kappa shape index (κ1) is 15.9. The number of aryl methyl sites for hydroxylation is 1. The molecule has 0 atom stereocenters. The molecule has 0 aliphatic carbocycles. The average Bonchev–Trinajstić information content (AvgIpc) is 2.98. The number of hydrogen-bond acceptors (Lipinski definition) is 4. The van der Waals surface area contributed by atoms with Crippen LogP contribution in [0.5, 0.6) is 0 Å². The Bertz CT molecular complexity index is 1210. The lowest BCUT2D eigenvalue weighted by molar-refractivity contribution is -0.137. The Labute approximate surface area is 148 Å². The molecule has 7 heteroatoms. The van der Waals surface area contributed by atoms with Gasteiger partial charge in [-0.2, -0.15) is 5.10 Å². The van der Waals surface area contributed by atoms with E-state index in [1.165, 1.54) is 10.8 Å². The summed E-state index contributed by atoms with van der Waals surface area (Å²) in [5, 5.41) is 18.7. The molecule has 2 N–H and O–H groups in total. The first-order chi connectivity index (χ1) is 12.5. The molecule has 130 valence electrons. The molecule has 7 nitrogen and oxygen atoms in total. The zero-order valence-corrected chi connectivity index (χ0v) is 14.0. The van der Waals surface area contributed by atoms with Crippen molar-refractivity contribution in [2.45, 2.75) is 6.54 Å². The first-order valence-corrected chi connectivity index (χ1v) is 8.06. The molecular formula is C19H16N4O3. The summed E-state index contributed by atoms with van der Waals surface area (Å²) in [5.41, 5.74) is 2.13. The predicted octanol–water partition coefficient (Wildman–Crippen LogP) is 2.72. The fraction of sp³-hybridized carbons (Fsp3) is 0.105. The lowest BCUT2D eigenvalue weighted by Gasteiger charge is -2.11. The third-order valence-electron chi connectivity index (χ3n) is 4.34. The molecule has 2 heterocycles. The number of benzene rings is 2. The van der Waals surface area contributed by atoms with Gasteiger partial charge in [-0.3, -0.25) is 14.3 Å². The quantitative estimate of drug-likeness (QED) is 0.592. The highest BCUT2D eigenvalue weighted by atomic mass is 16.4. The Balaban J connectivity index is 1.82. The zero-order chi connectivity index (χ0) is 18.3. The molecule has 4 aromatic rings. The Morgan fingerprint density at radius 3 is 2.85 bits per heavy atom. The number of rotatable bonds is 4. The Kier molecular flexibility index (Phi) is 3.69. The van der Waals surface area contributed by atoms with Gasteiger partial charge in [0.2, 0.25) is 0 Å². The monoisotopic (exact) mass is 348 g/mol. The molecule has 0 aliphatic rings. The molecule has 0 bridgehead atoms. The summed E-state index contributed by atoms with van der Waals surface area (Å²) >= 11 is 0. The third kappa shape index (κ3) is 2.69. The normalized spacial score (nSPS) is 11.1. The van der Waals surface area contributed by atoms with E-state index in [0.717, 1.165) is 22.0 Å². The highest BCUT2D eigenvalue weighted by Gasteiger charge is 2.10. The number of carbonyl (C=O) groups is 1. The van der Waals surface area contributed by atoms with E-state index in [0.29, 0.717) is 11.1 Å². The van der Waals surface area contributed by atoms with E-state index in [4.69, 9.17) is 5.11 Å². The van der Waals surface area contributed by atoms with Gasteiger partial charge in [0.15, 0.2) is 0 Å². The van der Waals surface area contributed by atoms with Crippen LogP contribution in [0.1, 0.15) is 0 Å². The van der Waals surface area contributed by atoms with Crippen LogP contribution in [0, 0.1) is 0 Å². The molecule has 0 unspecified atom stereocenters. The standard InChI is InChI=1S/C19H16N4O3/c1-22-16-6-5-14(9-13(16)10-20-22)21-15-4-2-3-12-7-8-23(11-17(24)25)19(26)18(12)15/h2-10,21H,11H2,1H3,(H,24,25). The summed E-state index contributed by atoms with van der Waals surface area (Å²) in [6.07, 6.45) is 3.29. The second-order valence-electron chi connectivity index (χ2n) is 6.08. The number of pyridine rings is 1. The van der Waals surface area contributed by atoms with Crippen LogP contribution in [0.2, 0.25) is 0 Å². The SMILES string of the molecule is Cn1ncc2cc(Nc3cccc4ccn(CC(=O)O)c(=O)c34)ccc21. The Morgan fingerprint density at radius 1 is 1.19 bits per heavy atom. The Morgan fingerprint density at radius 2 is 2.04 bits per heavy atom. The molecule has 0 fully saturated rings. The van der Waals surface area contributed by atoms with E-state index in [2.05, 4.69) is 10.4 Å². The van der Waals surface area contributed by atoms with Crippen molar-refractivity contribution in [3.8, 4) is 0 Å². The number of hydrogen-bond donors (Lipinski definition) is 2. The summed E-state index contributed by atoms with van der Waals surface area (Å²) in [6.45, 7) is -0.370. The Hall–Kier alpha value is -3.61. The van der Waals surface area contributed by atoms with Gasteiger partial charge in [-0.15, -0.1) is 0 Å². The highest BCUT2D eigenvalue weighted by molar-refractivity contribution is 5.95. The number of fused-ring (bicyclic) bond motifs is 2. The van der Waals surface area contributed by atoms with Crippen molar-refractivity contribution < 1.29 is 9.90 Å². The van der Waals surface area contributed by atoms with Crippen LogP contribution in [-0.4, -0.2) is 25.4 Å². The maximum atomic E-state index is 12.7. The molecule has 26 heavy (non-hydrogen) atoms. The number of aliphatic carboxylic acids is 1. The lowest BCUT2D eigenvalue weighted by atomic mass is 10.1. The van der Waals surface area contributed by atoms with E-state index in [9.17, 15) is 9.59 Å². The van der Waals surface area contributed by atoms with Crippen LogP contribution in [0.4, 0.5) is 11.4 Å². The number of nitrogens with one attached hydrogen (secondary N) is 1. The summed E-state index contributed by atoms with van der Waals surface area (Å²) < 4.78 is 2.99. The van der Waals surface area contributed by atoms with Crippen LogP contribution in [0.25, 0.3) is 21.7 Å². The topological polar surface area (TPSA) is 89.2 Å². The predicted molar refractivity (Wildman–Crippen MR) is 99.8 cm³/mol. The van der Waals surface area contributed by atoms with Gasteiger partial charge in [0, 0.05) is 24.3 Å². The van der Waals surface area contributed by atoms with Gasteiger partial charge in [0.25, 0.3) is 5.56 Å². The second-order valence-corrected chi connectivity index (χ2v) is 6.08. The minimum atomic E-state index is -1.06. The minimum Gasteiger partial charge on any atom is -0.480 e. The minimum absolute atomic E-state index is 0.338. The summed E-state index contributed by atoms with van der Waals surface area (Å²) in [4.78, 5) is 23.7. The van der Waals surface area contributed by atoms with Crippen molar-refractivity contribution in [3.63, 3.8) is 0 Å². The van der Waals surface area contributed by atoms with E-state index < -0.39 is 5.97 Å². The fourth-order valence-corrected chi connectivity index (χ4v) is 3.10. The van der Waals surface area contributed by atoms with E-state index in [-0.39, 0.29) is 12.1 Å². The summed E-state index contributed by atoms with van der Waals surface area (Å²) in [7, 11) is 1.88. The molecular weight excluding hydrogens is 332 g/mol. The van der Waals surface area contributed by atoms with E-state index in [1.54, 1.807) is 16.9 Å². The maximum Gasteiger partial charge on any atom is 0.323 e. The van der Waals surface area contributed by atoms with Gasteiger partial charge in [0.05, 0.1) is 22.8 Å². The van der Waals surface area contributed by atoms with Crippen LogP contribution < -0.4 is 10.9 Å². The van der Waals surface area contributed by atoms with Crippen LogP contribution in [0.3, 0.4) is 0 Å². The molecule has 2 aromatic carbocycles. The molecule has 0 saturated heterocycles. The molecule has 0 aliphatic heterocycles. The van der Waals surface area contributed by atoms with Crippen LogP contribution in [-0.2, 0) is 18.4 Å². The highest BCUT2D eigenvalue weighted by Crippen LogP contribution is 2.26. The number of anilines is 2. The number of carboxylic acids is 1. The maximum absolute atomic E-state index is 12.7. The van der Waals surface area contributed by atoms with Crippen molar-refractivity contribution in [2.75, 3.05) is 5.32 Å². The molecule has 0 amide bonds. The van der Waals surface area contributed by atoms with Crippen LogP contribution in [0.15, 0.2) is 59.7 Å². The third-order valence-corrected chi connectivity index (χ3v) is 4.34. The number of nitrogens with zero attached hydrogens (tertiary/aromatic N) is 3. The van der Waals surface area contributed by atoms with Gasteiger partial charge in [-0.05, 0) is 35.7 Å². The van der Waals surface area contributed by atoms with E-state index in [1.807, 2.05) is 43.4 Å². The first-order valence-electron chi connectivity index (χ1n) is 8.06. The molecule has 2 aromatic heterocycles. The van der Waals surface area contributed by atoms with Crippen LogP contribution >= 0.6 is 0 Å². The second kappa shape index (κ2) is 6.03. The lowest BCUT2D eigenvalue weighted by Crippen LogP contribution is -2.24. The summed E-state index contributed by atoms with van der Waals surface area (Å²) in [6, 6.07) is 13.1. The largest absolute Gasteiger partial charge is 0.480 e. The number of aromatic nitrogens is 3. The van der Waals surface area contributed by atoms with Gasteiger partial charge in [0.1, 0.15) is 6.54 Å². The van der Waals surface area contributed by atoms with Gasteiger partial charge in [-0.1, -0.05) is 12.1 Å². The number of carboxylic acid groups (broad SMARTS) is 1. The molecule has 0 radical (unpaired) electrons. The summed E-state index contributed by atoms with van der Waals surface area (Å²) in [5.74, 6) is -1.06. The van der Waals surface area contributed by atoms with Crippen molar-refractivity contribution in [1.82, 2.24) is 14.3 Å². The molecule has 0 spiro atoms. The van der Waals surface area contributed by atoms with E-state index >= 15 is 0 Å². The van der Waals surface area contributed by atoms with Crippen molar-refractivity contribution in [1.29, 1.82) is 0 Å². The average molecular weight is 348 g/mol. The van der Waals surface area contributed by atoms with Crippen molar-refractivity contribution in [3.05, 3.63) is 65.2 Å². The van der Waals surface area contributed by atoms with Crippen molar-refractivity contribution >= 4 is 39.0 Å².